The summed E-state index contributed by atoms with van der Waals surface area (Å²) in [5, 5.41) is 8.27. The van der Waals surface area contributed by atoms with Crippen molar-refractivity contribution in [1.29, 1.82) is 0 Å². The van der Waals surface area contributed by atoms with Crippen LogP contribution < -0.4 is 21.7 Å². The Labute approximate surface area is 177 Å². The molecular weight excluding hydrogens is 380 g/mol. The van der Waals surface area contributed by atoms with Crippen molar-refractivity contribution in [3.63, 3.8) is 0 Å². The summed E-state index contributed by atoms with van der Waals surface area (Å²) in [5.74, 6) is -0.0627. The number of anilines is 2. The molecule has 7 nitrogen and oxygen atoms in total. The average Bonchev–Trinajstić information content (AvgIpc) is 2.70. The van der Waals surface area contributed by atoms with E-state index >= 15 is 0 Å². The van der Waals surface area contributed by atoms with E-state index in [1.54, 1.807) is 12.1 Å². The molecule has 0 saturated heterocycles. The fourth-order valence-electron chi connectivity index (χ4n) is 3.01. The lowest BCUT2D eigenvalue weighted by atomic mass is 10.0. The normalized spacial score (nSPS) is 12.7. The van der Waals surface area contributed by atoms with Crippen molar-refractivity contribution in [3.05, 3.63) is 59.7 Å². The molecule has 0 aromatic heterocycles. The summed E-state index contributed by atoms with van der Waals surface area (Å²) >= 11 is 0. The molecule has 0 saturated carbocycles. The van der Waals surface area contributed by atoms with Crippen LogP contribution in [-0.2, 0) is 16.0 Å². The average molecular weight is 411 g/mol. The van der Waals surface area contributed by atoms with Gasteiger partial charge in [-0.15, -0.1) is 0 Å². The molecule has 0 spiro atoms. The summed E-state index contributed by atoms with van der Waals surface area (Å²) in [4.78, 5) is 35.5. The molecule has 0 fully saturated rings. The molecule has 160 valence electrons. The Morgan fingerprint density at radius 3 is 2.30 bits per heavy atom. The van der Waals surface area contributed by atoms with Gasteiger partial charge in [-0.1, -0.05) is 44.2 Å². The van der Waals surface area contributed by atoms with Crippen LogP contribution in [0.4, 0.5) is 16.2 Å². The van der Waals surface area contributed by atoms with Gasteiger partial charge in [-0.3, -0.25) is 4.79 Å². The largest absolute Gasteiger partial charge is 0.345 e. The van der Waals surface area contributed by atoms with Crippen LogP contribution in [0, 0.1) is 12.8 Å². The van der Waals surface area contributed by atoms with Crippen LogP contribution in [0.25, 0.3) is 0 Å². The lowest BCUT2D eigenvalue weighted by Crippen LogP contribution is -2.47. The van der Waals surface area contributed by atoms with Gasteiger partial charge in [0.1, 0.15) is 6.29 Å². The van der Waals surface area contributed by atoms with Crippen LogP contribution in [0.3, 0.4) is 0 Å². The summed E-state index contributed by atoms with van der Waals surface area (Å²) in [6, 6.07) is 13.0. The van der Waals surface area contributed by atoms with Gasteiger partial charge in [-0.25, -0.2) is 4.79 Å². The van der Waals surface area contributed by atoms with Crippen molar-refractivity contribution in [2.75, 3.05) is 10.6 Å². The Balaban J connectivity index is 1.87. The third kappa shape index (κ3) is 7.33. The number of nitrogens with one attached hydrogen (secondary N) is 3. The Morgan fingerprint density at radius 1 is 1.03 bits per heavy atom. The number of hydrogen-bond donors (Lipinski definition) is 4. The number of aldehydes is 1. The molecule has 5 N–H and O–H groups in total. The topological polar surface area (TPSA) is 113 Å². The van der Waals surface area contributed by atoms with E-state index in [1.807, 2.05) is 57.2 Å². The second-order valence-corrected chi connectivity index (χ2v) is 7.78. The predicted molar refractivity (Wildman–Crippen MR) is 119 cm³/mol. The minimum Gasteiger partial charge on any atom is -0.345 e. The summed E-state index contributed by atoms with van der Waals surface area (Å²) in [6.07, 6.45) is 1.65. The number of rotatable bonds is 9. The lowest BCUT2D eigenvalue weighted by Gasteiger charge is -2.18. The number of hydrogen-bond acceptors (Lipinski definition) is 4. The van der Waals surface area contributed by atoms with E-state index in [1.165, 1.54) is 0 Å². The third-order valence-corrected chi connectivity index (χ3v) is 4.61. The highest BCUT2D eigenvalue weighted by molar-refractivity contribution is 6.00. The van der Waals surface area contributed by atoms with Crippen LogP contribution in [-0.4, -0.2) is 30.3 Å². The maximum Gasteiger partial charge on any atom is 0.323 e. The van der Waals surface area contributed by atoms with Gasteiger partial charge in [0.05, 0.1) is 12.1 Å². The zero-order chi connectivity index (χ0) is 22.1. The van der Waals surface area contributed by atoms with E-state index in [9.17, 15) is 14.4 Å². The molecule has 0 aliphatic carbocycles. The highest BCUT2D eigenvalue weighted by atomic mass is 16.2. The number of para-hydroxylation sites is 1. The van der Waals surface area contributed by atoms with E-state index in [4.69, 9.17) is 5.73 Å². The Morgan fingerprint density at radius 2 is 1.70 bits per heavy atom. The fourth-order valence-corrected chi connectivity index (χ4v) is 3.01. The Kier molecular flexibility index (Phi) is 8.55. The van der Waals surface area contributed by atoms with Gasteiger partial charge >= 0.3 is 6.03 Å². The quantitative estimate of drug-likeness (QED) is 0.475. The SMILES string of the molecule is Cc1ccccc1NC(=O)Nc1ccc(C[C@H](N)C(=O)N[C@H](C=O)CC(C)C)cc1. The van der Waals surface area contributed by atoms with Crippen molar-refractivity contribution in [1.82, 2.24) is 5.32 Å². The van der Waals surface area contributed by atoms with Gasteiger partial charge in [0.15, 0.2) is 0 Å². The lowest BCUT2D eigenvalue weighted by molar-refractivity contribution is -0.125. The van der Waals surface area contributed by atoms with Crippen LogP contribution >= 0.6 is 0 Å². The molecule has 2 atom stereocenters. The highest BCUT2D eigenvalue weighted by Gasteiger charge is 2.19. The van der Waals surface area contributed by atoms with Crippen LogP contribution in [0.5, 0.6) is 0 Å². The number of urea groups is 1. The molecule has 2 aromatic rings. The molecule has 30 heavy (non-hydrogen) atoms. The maximum atomic E-state index is 12.3. The predicted octanol–water partition coefficient (Wildman–Crippen LogP) is 3.24. The smallest absolute Gasteiger partial charge is 0.323 e. The first-order chi connectivity index (χ1) is 14.3. The van der Waals surface area contributed by atoms with Crippen molar-refractivity contribution in [2.24, 2.45) is 11.7 Å². The van der Waals surface area contributed by atoms with E-state index in [2.05, 4.69) is 16.0 Å². The van der Waals surface area contributed by atoms with Gasteiger partial charge in [-0.05, 0) is 55.0 Å². The Hall–Kier alpha value is -3.19. The van der Waals surface area contributed by atoms with Gasteiger partial charge in [-0.2, -0.15) is 0 Å². The Bertz CT molecular complexity index is 865. The van der Waals surface area contributed by atoms with Crippen molar-refractivity contribution < 1.29 is 14.4 Å². The van der Waals surface area contributed by atoms with E-state index in [-0.39, 0.29) is 11.9 Å². The first kappa shape index (κ1) is 23.1. The minimum absolute atomic E-state index is 0.291. The zero-order valence-electron chi connectivity index (χ0n) is 17.6. The molecule has 0 aliphatic heterocycles. The molecule has 2 aromatic carbocycles. The summed E-state index contributed by atoms with van der Waals surface area (Å²) in [5.41, 5.74) is 9.19. The number of nitrogens with two attached hydrogens (primary N) is 1. The van der Waals surface area contributed by atoms with E-state index < -0.39 is 12.1 Å². The van der Waals surface area contributed by atoms with Gasteiger partial charge < -0.3 is 26.5 Å². The van der Waals surface area contributed by atoms with Crippen LogP contribution in [0.15, 0.2) is 48.5 Å². The molecule has 0 heterocycles. The van der Waals surface area contributed by atoms with Crippen molar-refractivity contribution in [3.8, 4) is 0 Å². The number of carbonyl (C=O) groups is 3. The van der Waals surface area contributed by atoms with Crippen molar-refractivity contribution >= 4 is 29.6 Å². The summed E-state index contributed by atoms with van der Waals surface area (Å²) in [7, 11) is 0. The number of aryl methyl sites for hydroxylation is 1. The van der Waals surface area contributed by atoms with Gasteiger partial charge in [0.25, 0.3) is 0 Å². The highest BCUT2D eigenvalue weighted by Crippen LogP contribution is 2.15. The van der Waals surface area contributed by atoms with Crippen molar-refractivity contribution in [2.45, 2.75) is 45.7 Å². The van der Waals surface area contributed by atoms with Gasteiger partial charge in [0, 0.05) is 11.4 Å². The molecule has 7 heteroatoms. The zero-order valence-corrected chi connectivity index (χ0v) is 17.6. The first-order valence-electron chi connectivity index (χ1n) is 10.0. The monoisotopic (exact) mass is 410 g/mol. The second kappa shape index (κ2) is 11.1. The molecule has 0 bridgehead atoms. The summed E-state index contributed by atoms with van der Waals surface area (Å²) < 4.78 is 0. The third-order valence-electron chi connectivity index (χ3n) is 4.61. The number of benzene rings is 2. The molecule has 3 amide bonds. The number of carbonyl (C=O) groups excluding carboxylic acids is 3. The molecule has 0 unspecified atom stereocenters. The molecule has 2 rings (SSSR count). The van der Waals surface area contributed by atoms with E-state index in [0.29, 0.717) is 24.4 Å². The first-order valence-corrected chi connectivity index (χ1v) is 10.0. The fraction of sp³-hybridized carbons (Fsp3) is 0.348. The molecule has 0 radical (unpaired) electrons. The second-order valence-electron chi connectivity index (χ2n) is 7.78. The number of amides is 3. The summed E-state index contributed by atoms with van der Waals surface area (Å²) in [6.45, 7) is 5.89. The maximum absolute atomic E-state index is 12.3. The van der Waals surface area contributed by atoms with Crippen LogP contribution in [0.2, 0.25) is 0 Å². The van der Waals surface area contributed by atoms with E-state index in [0.717, 1.165) is 23.1 Å². The minimum atomic E-state index is -0.761. The molecule has 0 aliphatic rings. The standard InChI is InChI=1S/C23H30N4O3/c1-15(2)12-19(14-28)25-22(29)20(24)13-17-8-10-18(11-9-17)26-23(30)27-21-7-5-4-6-16(21)3/h4-11,14-15,19-20H,12-13,24H2,1-3H3,(H,25,29)(H2,26,27,30)/t19-,20-/m0/s1. The van der Waals surface area contributed by atoms with Gasteiger partial charge in [0.2, 0.25) is 5.91 Å². The van der Waals surface area contributed by atoms with Crippen LogP contribution in [0.1, 0.15) is 31.4 Å². The molecular formula is C23H30N4O3.